The molecule has 0 aliphatic heterocycles. The van der Waals surface area contributed by atoms with E-state index in [0.29, 0.717) is 5.75 Å². The molecule has 0 atom stereocenters. The Morgan fingerprint density at radius 1 is 0.889 bits per heavy atom. The van der Waals surface area contributed by atoms with Crippen LogP contribution in [0.15, 0.2) is 36.4 Å². The van der Waals surface area contributed by atoms with Crippen LogP contribution >= 0.6 is 0 Å². The third kappa shape index (κ3) is 2.33. The first kappa shape index (κ1) is 12.5. The standard InChI is InChI=1S/C16H18O2/c1-3-11-10-16(18)12(4-2)9-15(11)13-6-5-7-14(17)8-13/h5-10,17-18H,3-4H2,1-2H3. The van der Waals surface area contributed by atoms with Gasteiger partial charge in [0, 0.05) is 0 Å². The molecule has 0 saturated heterocycles. The van der Waals surface area contributed by atoms with Crippen LogP contribution in [-0.2, 0) is 12.8 Å². The van der Waals surface area contributed by atoms with E-state index >= 15 is 0 Å². The number of aromatic hydroxyl groups is 2. The van der Waals surface area contributed by atoms with Gasteiger partial charge in [-0.05, 0) is 59.4 Å². The molecule has 2 aromatic rings. The Hall–Kier alpha value is -1.96. The number of benzene rings is 2. The van der Waals surface area contributed by atoms with Crippen LogP contribution in [0.1, 0.15) is 25.0 Å². The summed E-state index contributed by atoms with van der Waals surface area (Å²) in [6.07, 6.45) is 1.64. The Morgan fingerprint density at radius 2 is 1.61 bits per heavy atom. The van der Waals surface area contributed by atoms with Gasteiger partial charge in [0.25, 0.3) is 0 Å². The van der Waals surface area contributed by atoms with Crippen LogP contribution in [0, 0.1) is 0 Å². The molecule has 0 fully saturated rings. The third-order valence-corrected chi connectivity index (χ3v) is 3.22. The SMILES string of the molecule is CCc1cc(-c2cccc(O)c2)c(CC)cc1O. The summed E-state index contributed by atoms with van der Waals surface area (Å²) in [4.78, 5) is 0. The van der Waals surface area contributed by atoms with Gasteiger partial charge in [0.2, 0.25) is 0 Å². The molecule has 18 heavy (non-hydrogen) atoms. The molecule has 0 heterocycles. The van der Waals surface area contributed by atoms with Crippen molar-refractivity contribution in [2.45, 2.75) is 26.7 Å². The van der Waals surface area contributed by atoms with Gasteiger partial charge in [-0.2, -0.15) is 0 Å². The van der Waals surface area contributed by atoms with Crippen molar-refractivity contribution in [2.24, 2.45) is 0 Å². The number of phenolic OH excluding ortho intramolecular Hbond substituents is 2. The van der Waals surface area contributed by atoms with Gasteiger partial charge in [-0.25, -0.2) is 0 Å². The normalized spacial score (nSPS) is 10.6. The first-order valence-electron chi connectivity index (χ1n) is 6.29. The van der Waals surface area contributed by atoms with E-state index in [4.69, 9.17) is 0 Å². The first-order chi connectivity index (χ1) is 8.65. The van der Waals surface area contributed by atoms with Crippen LogP contribution < -0.4 is 0 Å². The van der Waals surface area contributed by atoms with Crippen molar-refractivity contribution in [3.05, 3.63) is 47.5 Å². The van der Waals surface area contributed by atoms with Crippen molar-refractivity contribution in [1.82, 2.24) is 0 Å². The summed E-state index contributed by atoms with van der Waals surface area (Å²) >= 11 is 0. The van der Waals surface area contributed by atoms with Crippen LogP contribution in [0.5, 0.6) is 11.5 Å². The van der Waals surface area contributed by atoms with Crippen molar-refractivity contribution < 1.29 is 10.2 Å². The Balaban J connectivity index is 2.61. The van der Waals surface area contributed by atoms with Crippen molar-refractivity contribution in [3.63, 3.8) is 0 Å². The van der Waals surface area contributed by atoms with Gasteiger partial charge in [-0.3, -0.25) is 0 Å². The highest BCUT2D eigenvalue weighted by atomic mass is 16.3. The van der Waals surface area contributed by atoms with Crippen LogP contribution in [-0.4, -0.2) is 10.2 Å². The van der Waals surface area contributed by atoms with Crippen LogP contribution in [0.25, 0.3) is 11.1 Å². The highest BCUT2D eigenvalue weighted by molar-refractivity contribution is 5.71. The summed E-state index contributed by atoms with van der Waals surface area (Å²) in [5.41, 5.74) is 4.10. The first-order valence-corrected chi connectivity index (χ1v) is 6.29. The Labute approximate surface area is 108 Å². The molecule has 2 aromatic carbocycles. The topological polar surface area (TPSA) is 40.5 Å². The third-order valence-electron chi connectivity index (χ3n) is 3.22. The molecule has 2 heteroatoms. The van der Waals surface area contributed by atoms with Gasteiger partial charge in [-0.15, -0.1) is 0 Å². The maximum Gasteiger partial charge on any atom is 0.119 e. The average molecular weight is 242 g/mol. The fourth-order valence-corrected chi connectivity index (χ4v) is 2.19. The number of phenols is 2. The number of hydrogen-bond acceptors (Lipinski definition) is 2. The molecule has 0 bridgehead atoms. The summed E-state index contributed by atoms with van der Waals surface area (Å²) in [6.45, 7) is 4.08. The average Bonchev–Trinajstić information content (AvgIpc) is 2.38. The molecule has 2 nitrogen and oxygen atoms in total. The predicted molar refractivity (Wildman–Crippen MR) is 74.0 cm³/mol. The zero-order valence-corrected chi connectivity index (χ0v) is 10.8. The molecule has 0 amide bonds. The lowest BCUT2D eigenvalue weighted by molar-refractivity contribution is 0.468. The predicted octanol–water partition coefficient (Wildman–Crippen LogP) is 3.89. The number of aryl methyl sites for hydroxylation is 2. The molecule has 0 unspecified atom stereocenters. The van der Waals surface area contributed by atoms with E-state index in [9.17, 15) is 10.2 Å². The summed E-state index contributed by atoms with van der Waals surface area (Å²) in [6, 6.07) is 11.1. The summed E-state index contributed by atoms with van der Waals surface area (Å²) in [5.74, 6) is 0.624. The Bertz CT molecular complexity index is 559. The fourth-order valence-electron chi connectivity index (χ4n) is 2.19. The largest absolute Gasteiger partial charge is 0.508 e. The molecule has 0 aliphatic rings. The van der Waals surface area contributed by atoms with E-state index in [1.54, 1.807) is 12.1 Å². The molecule has 0 saturated carbocycles. The second-order valence-corrected chi connectivity index (χ2v) is 4.40. The van der Waals surface area contributed by atoms with Gasteiger partial charge in [0.05, 0.1) is 0 Å². The van der Waals surface area contributed by atoms with Gasteiger partial charge >= 0.3 is 0 Å². The van der Waals surface area contributed by atoms with Crippen LogP contribution in [0.3, 0.4) is 0 Å². The molecule has 0 spiro atoms. The van der Waals surface area contributed by atoms with Crippen LogP contribution in [0.4, 0.5) is 0 Å². The molecule has 0 radical (unpaired) electrons. The van der Waals surface area contributed by atoms with E-state index in [-0.39, 0.29) is 5.75 Å². The van der Waals surface area contributed by atoms with Gasteiger partial charge < -0.3 is 10.2 Å². The zero-order chi connectivity index (χ0) is 13.1. The van der Waals surface area contributed by atoms with Crippen molar-refractivity contribution in [3.8, 4) is 22.6 Å². The van der Waals surface area contributed by atoms with Gasteiger partial charge in [0.15, 0.2) is 0 Å². The monoisotopic (exact) mass is 242 g/mol. The molecule has 2 N–H and O–H groups in total. The quantitative estimate of drug-likeness (QED) is 0.857. The number of rotatable bonds is 3. The van der Waals surface area contributed by atoms with E-state index in [1.165, 1.54) is 0 Å². The molecule has 94 valence electrons. The molecule has 0 aromatic heterocycles. The molecule has 0 aliphatic carbocycles. The van der Waals surface area contributed by atoms with E-state index in [1.807, 2.05) is 31.2 Å². The van der Waals surface area contributed by atoms with E-state index < -0.39 is 0 Å². The molecule has 2 rings (SSSR count). The minimum absolute atomic E-state index is 0.265. The Morgan fingerprint density at radius 3 is 2.22 bits per heavy atom. The van der Waals surface area contributed by atoms with E-state index in [2.05, 4.69) is 6.92 Å². The minimum atomic E-state index is 0.265. The lowest BCUT2D eigenvalue weighted by atomic mass is 9.94. The summed E-state index contributed by atoms with van der Waals surface area (Å²) in [5, 5.41) is 19.5. The van der Waals surface area contributed by atoms with Crippen LogP contribution in [0.2, 0.25) is 0 Å². The highest BCUT2D eigenvalue weighted by Crippen LogP contribution is 2.32. The lowest BCUT2D eigenvalue weighted by Crippen LogP contribution is -1.92. The second kappa shape index (κ2) is 5.13. The zero-order valence-electron chi connectivity index (χ0n) is 10.8. The maximum absolute atomic E-state index is 9.90. The van der Waals surface area contributed by atoms with Gasteiger partial charge in [0.1, 0.15) is 11.5 Å². The fraction of sp³-hybridized carbons (Fsp3) is 0.250. The van der Waals surface area contributed by atoms with Gasteiger partial charge in [-0.1, -0.05) is 26.0 Å². The minimum Gasteiger partial charge on any atom is -0.508 e. The maximum atomic E-state index is 9.90. The smallest absolute Gasteiger partial charge is 0.119 e. The summed E-state index contributed by atoms with van der Waals surface area (Å²) in [7, 11) is 0. The highest BCUT2D eigenvalue weighted by Gasteiger charge is 2.09. The van der Waals surface area contributed by atoms with Crippen molar-refractivity contribution >= 4 is 0 Å². The summed E-state index contributed by atoms with van der Waals surface area (Å²) < 4.78 is 0. The molecular formula is C16H18O2. The van der Waals surface area contributed by atoms with E-state index in [0.717, 1.165) is 35.1 Å². The Kier molecular flexibility index (Phi) is 3.56. The lowest BCUT2D eigenvalue weighted by Gasteiger charge is -2.12. The number of hydrogen-bond donors (Lipinski definition) is 2. The second-order valence-electron chi connectivity index (χ2n) is 4.40. The molecular weight excluding hydrogens is 224 g/mol. The van der Waals surface area contributed by atoms with Crippen molar-refractivity contribution in [2.75, 3.05) is 0 Å². The van der Waals surface area contributed by atoms with Crippen molar-refractivity contribution in [1.29, 1.82) is 0 Å².